The summed E-state index contributed by atoms with van der Waals surface area (Å²) in [6.45, 7) is 3.35. The SMILES string of the molecule is COCC1CCN(c2c(F)cccc2CNC2CC2)C1. The van der Waals surface area contributed by atoms with E-state index in [1.807, 2.05) is 12.1 Å². The standard InChI is InChI=1S/C16H23FN2O/c1-20-11-12-7-8-19(10-12)16-13(3-2-4-15(16)17)9-18-14-5-6-14/h2-4,12,14,18H,5-11H2,1H3. The summed E-state index contributed by atoms with van der Waals surface area (Å²) < 4.78 is 19.5. The number of anilines is 1. The maximum absolute atomic E-state index is 14.3. The Morgan fingerprint density at radius 2 is 2.20 bits per heavy atom. The van der Waals surface area contributed by atoms with Crippen LogP contribution in [0, 0.1) is 11.7 Å². The fourth-order valence-electron chi connectivity index (χ4n) is 3.01. The number of ether oxygens (including phenoxy) is 1. The smallest absolute Gasteiger partial charge is 0.146 e. The summed E-state index contributed by atoms with van der Waals surface area (Å²) in [6.07, 6.45) is 3.59. The Balaban J connectivity index is 1.73. The van der Waals surface area contributed by atoms with Crippen LogP contribution in [0.4, 0.5) is 10.1 Å². The van der Waals surface area contributed by atoms with Gasteiger partial charge in [-0.1, -0.05) is 12.1 Å². The first-order valence-electron chi connectivity index (χ1n) is 7.52. The molecule has 3 nitrogen and oxygen atoms in total. The Hall–Kier alpha value is -1.13. The van der Waals surface area contributed by atoms with Gasteiger partial charge < -0.3 is 15.0 Å². The van der Waals surface area contributed by atoms with Crippen molar-refractivity contribution in [1.29, 1.82) is 0 Å². The lowest BCUT2D eigenvalue weighted by Crippen LogP contribution is -2.25. The van der Waals surface area contributed by atoms with Gasteiger partial charge in [-0.25, -0.2) is 4.39 Å². The van der Waals surface area contributed by atoms with E-state index in [2.05, 4.69) is 10.2 Å². The van der Waals surface area contributed by atoms with Crippen LogP contribution in [0.25, 0.3) is 0 Å². The average Bonchev–Trinajstić information content (AvgIpc) is 3.16. The van der Waals surface area contributed by atoms with Crippen molar-refractivity contribution in [2.75, 3.05) is 31.7 Å². The Bertz CT molecular complexity index is 462. The molecule has 20 heavy (non-hydrogen) atoms. The molecule has 3 rings (SSSR count). The summed E-state index contributed by atoms with van der Waals surface area (Å²) in [5, 5.41) is 3.48. The minimum Gasteiger partial charge on any atom is -0.384 e. The molecule has 0 spiro atoms. The van der Waals surface area contributed by atoms with Crippen molar-refractivity contribution >= 4 is 5.69 Å². The second kappa shape index (κ2) is 6.10. The average molecular weight is 278 g/mol. The van der Waals surface area contributed by atoms with E-state index in [-0.39, 0.29) is 5.82 Å². The van der Waals surface area contributed by atoms with E-state index < -0.39 is 0 Å². The van der Waals surface area contributed by atoms with Crippen LogP contribution in [0.3, 0.4) is 0 Å². The predicted octanol–water partition coefficient (Wildman–Crippen LogP) is 2.55. The summed E-state index contributed by atoms with van der Waals surface area (Å²) in [5.74, 6) is 0.419. The molecule has 110 valence electrons. The highest BCUT2D eigenvalue weighted by Gasteiger charge is 2.27. The number of hydrogen-bond donors (Lipinski definition) is 1. The van der Waals surface area contributed by atoms with Gasteiger partial charge in [0.05, 0.1) is 12.3 Å². The van der Waals surface area contributed by atoms with Crippen molar-refractivity contribution in [1.82, 2.24) is 5.32 Å². The number of methoxy groups -OCH3 is 1. The van der Waals surface area contributed by atoms with E-state index >= 15 is 0 Å². The number of rotatable bonds is 6. The van der Waals surface area contributed by atoms with Crippen molar-refractivity contribution in [2.45, 2.75) is 31.8 Å². The number of hydrogen-bond acceptors (Lipinski definition) is 3. The lowest BCUT2D eigenvalue weighted by atomic mass is 10.1. The van der Waals surface area contributed by atoms with Gasteiger partial charge in [-0.2, -0.15) is 0 Å². The van der Waals surface area contributed by atoms with E-state index in [1.54, 1.807) is 13.2 Å². The van der Waals surface area contributed by atoms with Gasteiger partial charge in [0.1, 0.15) is 5.82 Å². The number of benzene rings is 1. The van der Waals surface area contributed by atoms with E-state index in [0.717, 1.165) is 43.9 Å². The Morgan fingerprint density at radius 1 is 1.35 bits per heavy atom. The van der Waals surface area contributed by atoms with Crippen molar-refractivity contribution in [3.63, 3.8) is 0 Å². The third kappa shape index (κ3) is 3.13. The molecule has 2 fully saturated rings. The van der Waals surface area contributed by atoms with Crippen LogP contribution in [0.5, 0.6) is 0 Å². The second-order valence-electron chi connectivity index (χ2n) is 5.96. The molecule has 1 saturated carbocycles. The molecule has 1 aromatic rings. The first-order valence-corrected chi connectivity index (χ1v) is 7.52. The number of nitrogens with zero attached hydrogens (tertiary/aromatic N) is 1. The Labute approximate surface area is 120 Å². The van der Waals surface area contributed by atoms with Gasteiger partial charge in [-0.15, -0.1) is 0 Å². The summed E-state index contributed by atoms with van der Waals surface area (Å²) in [7, 11) is 1.73. The normalized spacial score (nSPS) is 22.5. The first-order chi connectivity index (χ1) is 9.78. The van der Waals surface area contributed by atoms with Gasteiger partial charge in [-0.3, -0.25) is 0 Å². The summed E-state index contributed by atoms with van der Waals surface area (Å²) in [6, 6.07) is 6.06. The molecule has 1 aliphatic heterocycles. The number of para-hydroxylation sites is 1. The summed E-state index contributed by atoms with van der Waals surface area (Å²) in [4.78, 5) is 2.18. The largest absolute Gasteiger partial charge is 0.384 e. The molecule has 0 amide bonds. The first kappa shape index (κ1) is 13.8. The van der Waals surface area contributed by atoms with Gasteiger partial charge in [-0.05, 0) is 30.9 Å². The van der Waals surface area contributed by atoms with Gasteiger partial charge in [0.15, 0.2) is 0 Å². The maximum atomic E-state index is 14.3. The molecule has 4 heteroatoms. The molecule has 1 heterocycles. The minimum atomic E-state index is -0.0989. The topological polar surface area (TPSA) is 24.5 Å². The number of nitrogens with one attached hydrogen (secondary N) is 1. The molecule has 1 saturated heterocycles. The van der Waals surface area contributed by atoms with Gasteiger partial charge in [0, 0.05) is 38.7 Å². The second-order valence-corrected chi connectivity index (χ2v) is 5.96. The summed E-state index contributed by atoms with van der Waals surface area (Å²) >= 11 is 0. The zero-order chi connectivity index (χ0) is 13.9. The molecule has 1 aromatic carbocycles. The lowest BCUT2D eigenvalue weighted by Gasteiger charge is -2.23. The van der Waals surface area contributed by atoms with Gasteiger partial charge in [0.2, 0.25) is 0 Å². The molecule has 1 atom stereocenters. The lowest BCUT2D eigenvalue weighted by molar-refractivity contribution is 0.161. The predicted molar refractivity (Wildman–Crippen MR) is 78.5 cm³/mol. The zero-order valence-corrected chi connectivity index (χ0v) is 12.1. The molecule has 1 aliphatic carbocycles. The molecular weight excluding hydrogens is 255 g/mol. The molecular formula is C16H23FN2O. The fourth-order valence-corrected chi connectivity index (χ4v) is 3.01. The monoisotopic (exact) mass is 278 g/mol. The van der Waals surface area contributed by atoms with Crippen molar-refractivity contribution < 1.29 is 9.13 Å². The third-order valence-electron chi connectivity index (χ3n) is 4.23. The van der Waals surface area contributed by atoms with Crippen LogP contribution in [0.15, 0.2) is 18.2 Å². The van der Waals surface area contributed by atoms with Crippen LogP contribution in [-0.4, -0.2) is 32.8 Å². The quantitative estimate of drug-likeness (QED) is 0.865. The van der Waals surface area contributed by atoms with Crippen LogP contribution < -0.4 is 10.2 Å². The van der Waals surface area contributed by atoms with Crippen LogP contribution in [0.1, 0.15) is 24.8 Å². The summed E-state index contributed by atoms with van der Waals surface area (Å²) in [5.41, 5.74) is 1.87. The zero-order valence-electron chi connectivity index (χ0n) is 12.1. The van der Waals surface area contributed by atoms with Crippen molar-refractivity contribution in [2.24, 2.45) is 5.92 Å². The Kier molecular flexibility index (Phi) is 4.22. The molecule has 0 bridgehead atoms. The van der Waals surface area contributed by atoms with Crippen molar-refractivity contribution in [3.8, 4) is 0 Å². The van der Waals surface area contributed by atoms with Crippen molar-refractivity contribution in [3.05, 3.63) is 29.6 Å². The van der Waals surface area contributed by atoms with E-state index in [9.17, 15) is 4.39 Å². The highest BCUT2D eigenvalue weighted by Crippen LogP contribution is 2.30. The molecule has 0 radical (unpaired) electrons. The van der Waals surface area contributed by atoms with E-state index in [0.29, 0.717) is 12.0 Å². The van der Waals surface area contributed by atoms with Crippen LogP contribution >= 0.6 is 0 Å². The third-order valence-corrected chi connectivity index (χ3v) is 4.23. The highest BCUT2D eigenvalue weighted by atomic mass is 19.1. The van der Waals surface area contributed by atoms with Gasteiger partial charge >= 0.3 is 0 Å². The molecule has 2 aliphatic rings. The van der Waals surface area contributed by atoms with Gasteiger partial charge in [0.25, 0.3) is 0 Å². The minimum absolute atomic E-state index is 0.0989. The van der Waals surface area contributed by atoms with Crippen LogP contribution in [0.2, 0.25) is 0 Å². The molecule has 1 unspecified atom stereocenters. The highest BCUT2D eigenvalue weighted by molar-refractivity contribution is 5.55. The fraction of sp³-hybridized carbons (Fsp3) is 0.625. The molecule has 0 aromatic heterocycles. The maximum Gasteiger partial charge on any atom is 0.146 e. The Morgan fingerprint density at radius 3 is 2.95 bits per heavy atom. The van der Waals surface area contributed by atoms with E-state index in [4.69, 9.17) is 4.74 Å². The van der Waals surface area contributed by atoms with E-state index in [1.165, 1.54) is 12.8 Å². The molecule has 1 N–H and O–H groups in total. The number of halogens is 1. The van der Waals surface area contributed by atoms with Crippen LogP contribution in [-0.2, 0) is 11.3 Å².